The quantitative estimate of drug-likeness (QED) is 0.562. The summed E-state index contributed by atoms with van der Waals surface area (Å²) in [5.41, 5.74) is 1.80. The second kappa shape index (κ2) is 9.94. The third-order valence-electron chi connectivity index (χ3n) is 5.96. The molecule has 2 heterocycles. The van der Waals surface area contributed by atoms with Gasteiger partial charge in [0.25, 0.3) is 5.91 Å². The Labute approximate surface area is 203 Å². The molecule has 1 N–H and O–H groups in total. The minimum atomic E-state index is -0.785. The van der Waals surface area contributed by atoms with Gasteiger partial charge in [-0.05, 0) is 53.4 Å². The molecule has 178 valence electrons. The summed E-state index contributed by atoms with van der Waals surface area (Å²) >= 11 is 0. The van der Waals surface area contributed by atoms with Crippen LogP contribution in [0.1, 0.15) is 52.9 Å². The van der Waals surface area contributed by atoms with Crippen molar-refractivity contribution in [2.45, 2.75) is 25.8 Å². The minimum Gasteiger partial charge on any atom is -0.497 e. The maximum absolute atomic E-state index is 13.8. The molecule has 0 saturated heterocycles. The molecule has 2 aromatic carbocycles. The number of hydrogen-bond acceptors (Lipinski definition) is 5. The average Bonchev–Trinajstić information content (AvgIpc) is 2.86. The van der Waals surface area contributed by atoms with Gasteiger partial charge in [0, 0.05) is 30.2 Å². The monoisotopic (exact) mass is 472 g/mol. The zero-order valence-corrected chi connectivity index (χ0v) is 19.7. The van der Waals surface area contributed by atoms with E-state index in [4.69, 9.17) is 4.74 Å². The molecule has 1 aromatic heterocycles. The summed E-state index contributed by atoms with van der Waals surface area (Å²) < 4.78 is 19.2. The van der Waals surface area contributed by atoms with Crippen LogP contribution >= 0.6 is 0 Å². The fourth-order valence-electron chi connectivity index (χ4n) is 4.46. The Balaban J connectivity index is 1.86. The van der Waals surface area contributed by atoms with Crippen molar-refractivity contribution in [2.24, 2.45) is 5.92 Å². The van der Waals surface area contributed by atoms with E-state index < -0.39 is 17.8 Å². The highest BCUT2D eigenvalue weighted by Gasteiger charge is 2.44. The number of hydrogen-bond donors (Lipinski definition) is 1. The van der Waals surface area contributed by atoms with Gasteiger partial charge in [-0.25, -0.2) is 4.39 Å². The molecular weight excluding hydrogens is 447 g/mol. The normalized spacial score (nSPS) is 17.0. The number of nitrogens with zero attached hydrogens (tertiary/aromatic N) is 3. The van der Waals surface area contributed by atoms with Crippen LogP contribution in [0.4, 0.5) is 10.1 Å². The van der Waals surface area contributed by atoms with Crippen molar-refractivity contribution < 1.29 is 18.7 Å². The van der Waals surface area contributed by atoms with E-state index in [0.717, 1.165) is 11.6 Å². The van der Waals surface area contributed by atoms with Gasteiger partial charge < -0.3 is 15.0 Å². The minimum absolute atomic E-state index is 0.143. The van der Waals surface area contributed by atoms with Crippen LogP contribution in [0, 0.1) is 23.1 Å². The number of benzene rings is 2. The second-order valence-electron chi connectivity index (χ2n) is 8.81. The molecule has 8 heteroatoms. The van der Waals surface area contributed by atoms with Gasteiger partial charge in [-0.15, -0.1) is 0 Å². The maximum Gasteiger partial charge on any atom is 0.254 e. The Hall–Kier alpha value is -4.25. The van der Waals surface area contributed by atoms with Crippen LogP contribution in [0.3, 0.4) is 0 Å². The van der Waals surface area contributed by atoms with Crippen molar-refractivity contribution in [3.8, 4) is 11.8 Å². The van der Waals surface area contributed by atoms with Crippen LogP contribution < -0.4 is 10.1 Å². The number of rotatable bonds is 6. The molecule has 1 aliphatic heterocycles. The molecule has 0 saturated carbocycles. The van der Waals surface area contributed by atoms with Crippen molar-refractivity contribution in [3.05, 3.63) is 89.0 Å². The number of halogens is 1. The predicted octanol–water partition coefficient (Wildman–Crippen LogP) is 4.68. The van der Waals surface area contributed by atoms with E-state index in [0.29, 0.717) is 29.1 Å². The Bertz CT molecular complexity index is 1300. The van der Waals surface area contributed by atoms with Gasteiger partial charge in [-0.2, -0.15) is 5.26 Å². The highest BCUT2D eigenvalue weighted by Crippen LogP contribution is 2.44. The number of nitrogens with one attached hydrogen (secondary N) is 1. The van der Waals surface area contributed by atoms with Crippen LogP contribution in [0.2, 0.25) is 0 Å². The molecule has 1 aliphatic rings. The van der Waals surface area contributed by atoms with Gasteiger partial charge in [-0.1, -0.05) is 26.0 Å². The summed E-state index contributed by atoms with van der Waals surface area (Å²) in [5, 5.41) is 12.0. The molecule has 0 aliphatic carbocycles. The lowest BCUT2D eigenvalue weighted by Gasteiger charge is -2.42. The first-order chi connectivity index (χ1) is 16.8. The van der Waals surface area contributed by atoms with Crippen molar-refractivity contribution in [2.75, 3.05) is 19.0 Å². The number of amides is 2. The SMILES string of the molecule is COc1ccc2c(c1)C(=O)N(CC(C)C)[C@H](c1cccnc1)[C@H]2C(=O)Nc1ccc(F)c(C#N)c1. The fraction of sp³-hybridized carbons (Fsp3) is 0.259. The molecule has 2 amide bonds. The Morgan fingerprint density at radius 2 is 2.06 bits per heavy atom. The van der Waals surface area contributed by atoms with Gasteiger partial charge in [-0.3, -0.25) is 14.6 Å². The first kappa shape index (κ1) is 23.9. The lowest BCUT2D eigenvalue weighted by Crippen LogP contribution is -2.47. The van der Waals surface area contributed by atoms with E-state index in [1.54, 1.807) is 47.6 Å². The summed E-state index contributed by atoms with van der Waals surface area (Å²) in [4.78, 5) is 33.4. The van der Waals surface area contributed by atoms with E-state index in [9.17, 15) is 19.2 Å². The zero-order valence-electron chi connectivity index (χ0n) is 19.7. The molecule has 0 bridgehead atoms. The molecule has 3 aromatic rings. The van der Waals surface area contributed by atoms with Crippen molar-refractivity contribution in [3.63, 3.8) is 0 Å². The molecule has 0 radical (unpaired) electrons. The molecule has 0 unspecified atom stereocenters. The number of carbonyl (C=O) groups excluding carboxylic acids is 2. The number of aromatic nitrogens is 1. The van der Waals surface area contributed by atoms with Gasteiger partial charge in [0.15, 0.2) is 0 Å². The van der Waals surface area contributed by atoms with Gasteiger partial charge >= 0.3 is 0 Å². The van der Waals surface area contributed by atoms with Crippen LogP contribution in [0.25, 0.3) is 0 Å². The lowest BCUT2D eigenvalue weighted by atomic mass is 9.79. The summed E-state index contributed by atoms with van der Waals surface area (Å²) in [7, 11) is 1.52. The second-order valence-corrected chi connectivity index (χ2v) is 8.81. The molecule has 0 fully saturated rings. The maximum atomic E-state index is 13.8. The Morgan fingerprint density at radius 1 is 1.26 bits per heavy atom. The van der Waals surface area contributed by atoms with E-state index >= 15 is 0 Å². The topological polar surface area (TPSA) is 95.3 Å². The van der Waals surface area contributed by atoms with Gasteiger partial charge in [0.05, 0.1) is 24.6 Å². The zero-order chi connectivity index (χ0) is 25.1. The number of carbonyl (C=O) groups is 2. The largest absolute Gasteiger partial charge is 0.497 e. The average molecular weight is 473 g/mol. The first-order valence-electron chi connectivity index (χ1n) is 11.2. The number of fused-ring (bicyclic) bond motifs is 1. The van der Waals surface area contributed by atoms with Crippen LogP contribution in [-0.2, 0) is 4.79 Å². The Kier molecular flexibility index (Phi) is 6.78. The van der Waals surface area contributed by atoms with E-state index in [-0.39, 0.29) is 23.3 Å². The molecule has 0 spiro atoms. The van der Waals surface area contributed by atoms with Gasteiger partial charge in [0.2, 0.25) is 5.91 Å². The highest BCUT2D eigenvalue weighted by molar-refractivity contribution is 6.04. The smallest absolute Gasteiger partial charge is 0.254 e. The molecule has 4 rings (SSSR count). The third kappa shape index (κ3) is 4.71. The van der Waals surface area contributed by atoms with Crippen molar-refractivity contribution in [1.29, 1.82) is 5.26 Å². The van der Waals surface area contributed by atoms with Crippen LogP contribution in [0.15, 0.2) is 60.9 Å². The number of pyridine rings is 1. The summed E-state index contributed by atoms with van der Waals surface area (Å²) in [5.74, 6) is -1.38. The summed E-state index contributed by atoms with van der Waals surface area (Å²) in [6.45, 7) is 4.44. The highest BCUT2D eigenvalue weighted by atomic mass is 19.1. The fourth-order valence-corrected chi connectivity index (χ4v) is 4.46. The lowest BCUT2D eigenvalue weighted by molar-refractivity contribution is -0.119. The summed E-state index contributed by atoms with van der Waals surface area (Å²) in [6.07, 6.45) is 3.29. The molecular formula is C27H25FN4O3. The van der Waals surface area contributed by atoms with Crippen molar-refractivity contribution in [1.82, 2.24) is 9.88 Å². The van der Waals surface area contributed by atoms with Gasteiger partial charge in [0.1, 0.15) is 17.6 Å². The van der Waals surface area contributed by atoms with Crippen LogP contribution in [0.5, 0.6) is 5.75 Å². The summed E-state index contributed by atoms with van der Waals surface area (Å²) in [6, 6.07) is 13.7. The predicted molar refractivity (Wildman–Crippen MR) is 128 cm³/mol. The number of methoxy groups -OCH3 is 1. The van der Waals surface area contributed by atoms with Crippen LogP contribution in [-0.4, -0.2) is 35.4 Å². The molecule has 2 atom stereocenters. The van der Waals surface area contributed by atoms with Crippen molar-refractivity contribution >= 4 is 17.5 Å². The number of nitriles is 1. The van der Waals surface area contributed by atoms with E-state index in [2.05, 4.69) is 10.3 Å². The molecule has 7 nitrogen and oxygen atoms in total. The van der Waals surface area contributed by atoms with E-state index in [1.165, 1.54) is 19.2 Å². The Morgan fingerprint density at radius 3 is 2.71 bits per heavy atom. The standard InChI is InChI=1S/C27H25FN4O3/c1-16(2)15-32-25(17-5-4-10-30-14-17)24(21-8-7-20(35-3)12-22(21)27(32)34)26(33)31-19-6-9-23(28)18(11-19)13-29/h4-12,14,16,24-25H,15H2,1-3H3,(H,31,33)/t24-,25+/m0/s1. The first-order valence-corrected chi connectivity index (χ1v) is 11.2. The van der Waals surface area contributed by atoms with E-state index in [1.807, 2.05) is 19.9 Å². The third-order valence-corrected chi connectivity index (χ3v) is 5.96. The number of ether oxygens (including phenoxy) is 1. The molecule has 35 heavy (non-hydrogen) atoms. The number of anilines is 1.